The van der Waals surface area contributed by atoms with Gasteiger partial charge in [0.15, 0.2) is 12.0 Å². The minimum absolute atomic E-state index is 0.143. The molecule has 4 heteroatoms. The maximum Gasteiger partial charge on any atom is 0.248 e. The average molecular weight is 138 g/mol. The summed E-state index contributed by atoms with van der Waals surface area (Å²) in [5.74, 6) is 1.02. The van der Waals surface area contributed by atoms with Crippen LogP contribution in [0.25, 0.3) is 0 Å². The third-order valence-corrected chi connectivity index (χ3v) is 1.62. The Hall–Kier alpha value is -1.32. The summed E-state index contributed by atoms with van der Waals surface area (Å²) in [5, 5.41) is 2.96. The van der Waals surface area contributed by atoms with Crippen molar-refractivity contribution in [2.24, 2.45) is 0 Å². The molecule has 2 aliphatic heterocycles. The second-order valence-electron chi connectivity index (χ2n) is 2.26. The molecule has 0 saturated carbocycles. The van der Waals surface area contributed by atoms with Crippen LogP contribution in [-0.4, -0.2) is 30.1 Å². The maximum absolute atomic E-state index is 11.0. The normalized spacial score (nSPS) is 22.2. The quantitative estimate of drug-likeness (QED) is 0.385. The number of nitrogens with one attached hydrogen (secondary N) is 2. The van der Waals surface area contributed by atoms with Crippen LogP contribution < -0.4 is 10.3 Å². The Morgan fingerprint density at radius 2 is 2.60 bits per heavy atom. The van der Waals surface area contributed by atoms with Gasteiger partial charge >= 0.3 is 0 Å². The lowest BCUT2D eigenvalue weighted by Crippen LogP contribution is -2.66. The predicted octanol–water partition coefficient (Wildman–Crippen LogP) is -2.62. The minimum atomic E-state index is 0.143. The Bertz CT molecular complexity index is 231. The van der Waals surface area contributed by atoms with Gasteiger partial charge in [-0.15, -0.1) is 0 Å². The maximum atomic E-state index is 11.0. The zero-order chi connectivity index (χ0) is 6.97. The molecule has 1 amide bonds. The zero-order valence-electron chi connectivity index (χ0n) is 5.42. The summed E-state index contributed by atoms with van der Waals surface area (Å²) in [6, 6.07) is 0. The van der Waals surface area contributed by atoms with E-state index in [-0.39, 0.29) is 5.91 Å². The molecule has 2 heterocycles. The molecule has 0 aromatic carbocycles. The molecule has 10 heavy (non-hydrogen) atoms. The lowest BCUT2D eigenvalue weighted by atomic mass is 10.5. The van der Waals surface area contributed by atoms with Crippen molar-refractivity contribution >= 4 is 12.1 Å². The van der Waals surface area contributed by atoms with Crippen molar-refractivity contribution in [1.82, 2.24) is 10.2 Å². The SMILES string of the molecule is O=C1CNC2=C[NH+]=CCN12. The van der Waals surface area contributed by atoms with Crippen LogP contribution in [0.15, 0.2) is 12.0 Å². The molecule has 0 aromatic rings. The number of rotatable bonds is 0. The van der Waals surface area contributed by atoms with Gasteiger partial charge in [0.25, 0.3) is 0 Å². The smallest absolute Gasteiger partial charge is 0.248 e. The minimum Gasteiger partial charge on any atom is -0.357 e. The van der Waals surface area contributed by atoms with Crippen molar-refractivity contribution in [3.8, 4) is 0 Å². The molecule has 0 aliphatic carbocycles. The van der Waals surface area contributed by atoms with Crippen molar-refractivity contribution in [2.75, 3.05) is 13.1 Å². The van der Waals surface area contributed by atoms with Gasteiger partial charge in [0, 0.05) is 0 Å². The highest BCUT2D eigenvalue weighted by atomic mass is 16.2. The van der Waals surface area contributed by atoms with Gasteiger partial charge in [-0.3, -0.25) is 9.69 Å². The number of amides is 1. The molecule has 4 nitrogen and oxygen atoms in total. The van der Waals surface area contributed by atoms with Crippen molar-refractivity contribution in [3.05, 3.63) is 12.0 Å². The molecule has 0 bridgehead atoms. The van der Waals surface area contributed by atoms with Crippen molar-refractivity contribution in [3.63, 3.8) is 0 Å². The topological polar surface area (TPSA) is 46.3 Å². The summed E-state index contributed by atoms with van der Waals surface area (Å²) in [6.07, 6.45) is 3.63. The van der Waals surface area contributed by atoms with Crippen molar-refractivity contribution in [2.45, 2.75) is 0 Å². The summed E-state index contributed by atoms with van der Waals surface area (Å²) in [4.78, 5) is 15.6. The van der Waals surface area contributed by atoms with E-state index in [4.69, 9.17) is 0 Å². The molecule has 0 atom stereocenters. The lowest BCUT2D eigenvalue weighted by Gasteiger charge is -2.11. The van der Waals surface area contributed by atoms with Gasteiger partial charge in [-0.2, -0.15) is 0 Å². The Balaban J connectivity index is 2.31. The Kier molecular flexibility index (Phi) is 1.00. The second kappa shape index (κ2) is 1.83. The molecule has 1 fully saturated rings. The van der Waals surface area contributed by atoms with E-state index >= 15 is 0 Å². The fourth-order valence-corrected chi connectivity index (χ4v) is 1.10. The van der Waals surface area contributed by atoms with Crippen LogP contribution in [0.1, 0.15) is 0 Å². The molecule has 0 spiro atoms. The van der Waals surface area contributed by atoms with E-state index in [1.165, 1.54) is 0 Å². The summed E-state index contributed by atoms with van der Waals surface area (Å²) in [7, 11) is 0. The highest BCUT2D eigenvalue weighted by molar-refractivity contribution is 5.85. The number of fused-ring (bicyclic) bond motifs is 1. The second-order valence-corrected chi connectivity index (χ2v) is 2.26. The number of carbonyl (C=O) groups is 1. The molecular weight excluding hydrogens is 130 g/mol. The van der Waals surface area contributed by atoms with E-state index in [0.717, 1.165) is 5.82 Å². The molecule has 1 saturated heterocycles. The summed E-state index contributed by atoms with van der Waals surface area (Å²) >= 11 is 0. The van der Waals surface area contributed by atoms with Crippen molar-refractivity contribution in [1.29, 1.82) is 0 Å². The van der Waals surface area contributed by atoms with Gasteiger partial charge in [-0.05, 0) is 0 Å². The molecule has 0 unspecified atom stereocenters. The first-order valence-corrected chi connectivity index (χ1v) is 3.20. The predicted molar refractivity (Wildman–Crippen MR) is 34.8 cm³/mol. The number of nitrogens with zero attached hydrogens (tertiary/aromatic N) is 1. The van der Waals surface area contributed by atoms with Gasteiger partial charge in [-0.1, -0.05) is 0 Å². The van der Waals surface area contributed by atoms with Crippen LogP contribution in [0.2, 0.25) is 0 Å². The third kappa shape index (κ3) is 0.618. The molecule has 2 aliphatic rings. The largest absolute Gasteiger partial charge is 0.357 e. The van der Waals surface area contributed by atoms with Crippen LogP contribution >= 0.6 is 0 Å². The van der Waals surface area contributed by atoms with E-state index in [9.17, 15) is 4.79 Å². The van der Waals surface area contributed by atoms with E-state index < -0.39 is 0 Å². The van der Waals surface area contributed by atoms with Gasteiger partial charge in [0.2, 0.25) is 12.1 Å². The van der Waals surface area contributed by atoms with Gasteiger partial charge in [0.05, 0.1) is 6.54 Å². The Labute approximate surface area is 58.2 Å². The average Bonchev–Trinajstić information content (AvgIpc) is 2.34. The van der Waals surface area contributed by atoms with Crippen LogP contribution in [0.5, 0.6) is 0 Å². The molecule has 2 N–H and O–H groups in total. The van der Waals surface area contributed by atoms with Crippen LogP contribution in [0, 0.1) is 0 Å². The highest BCUT2D eigenvalue weighted by Gasteiger charge is 2.27. The lowest BCUT2D eigenvalue weighted by molar-refractivity contribution is -0.373. The van der Waals surface area contributed by atoms with E-state index in [0.29, 0.717) is 13.1 Å². The van der Waals surface area contributed by atoms with E-state index in [1.807, 2.05) is 6.21 Å². The number of hydrogen-bond donors (Lipinski definition) is 2. The molecule has 52 valence electrons. The standard InChI is InChI=1S/C6H7N3O/c10-6-4-8-5-3-7-1-2-9(5)6/h1,3,8H,2,4H2/p+1. The third-order valence-electron chi connectivity index (χ3n) is 1.62. The number of hydrogen-bond acceptors (Lipinski definition) is 2. The fraction of sp³-hybridized carbons (Fsp3) is 0.333. The molecule has 0 radical (unpaired) electrons. The van der Waals surface area contributed by atoms with Gasteiger partial charge in [0.1, 0.15) is 6.54 Å². The van der Waals surface area contributed by atoms with Gasteiger partial charge < -0.3 is 5.32 Å². The van der Waals surface area contributed by atoms with Crippen LogP contribution in [-0.2, 0) is 4.79 Å². The Morgan fingerprint density at radius 1 is 1.70 bits per heavy atom. The fourth-order valence-electron chi connectivity index (χ4n) is 1.10. The zero-order valence-corrected chi connectivity index (χ0v) is 5.42. The first-order chi connectivity index (χ1) is 4.88. The van der Waals surface area contributed by atoms with E-state index in [1.54, 1.807) is 11.1 Å². The van der Waals surface area contributed by atoms with Gasteiger partial charge in [-0.25, -0.2) is 4.99 Å². The highest BCUT2D eigenvalue weighted by Crippen LogP contribution is 2.05. The van der Waals surface area contributed by atoms with Crippen LogP contribution in [0.4, 0.5) is 0 Å². The van der Waals surface area contributed by atoms with Crippen molar-refractivity contribution < 1.29 is 9.79 Å². The number of carbonyl (C=O) groups excluding carboxylic acids is 1. The summed E-state index contributed by atoms with van der Waals surface area (Å²) < 4.78 is 0. The molecule has 2 rings (SSSR count). The first-order valence-electron chi connectivity index (χ1n) is 3.20. The molecular formula is C6H8N3O+. The monoisotopic (exact) mass is 138 g/mol. The first kappa shape index (κ1) is 5.46. The Morgan fingerprint density at radius 3 is 3.40 bits per heavy atom. The van der Waals surface area contributed by atoms with E-state index in [2.05, 4.69) is 10.3 Å². The van der Waals surface area contributed by atoms with Crippen LogP contribution in [0.3, 0.4) is 0 Å². The summed E-state index contributed by atoms with van der Waals surface area (Å²) in [5.41, 5.74) is 0. The molecule has 0 aromatic heterocycles. The summed E-state index contributed by atoms with van der Waals surface area (Å²) in [6.45, 7) is 1.10.